The van der Waals surface area contributed by atoms with Crippen LogP contribution >= 0.6 is 0 Å². The van der Waals surface area contributed by atoms with Crippen molar-refractivity contribution in [1.82, 2.24) is 10.1 Å². The van der Waals surface area contributed by atoms with E-state index in [-0.39, 0.29) is 5.76 Å². The molecule has 23 heavy (non-hydrogen) atoms. The molecule has 6 heteroatoms. The fraction of sp³-hybridized carbons (Fsp3) is 0.353. The standard InChI is InChI=1S/C17H18N4O2/c18-16(22)15-11-14(19-23-15)12-3-5-13(6-4-12)17(20-7-1-8-20)21-9-2-10-21/h3-6,11H,1-2,7-10H2,(H-,18,22)/p+1. The van der Waals surface area contributed by atoms with Crippen LogP contribution in [0.15, 0.2) is 34.9 Å². The predicted molar refractivity (Wildman–Crippen MR) is 85.4 cm³/mol. The van der Waals surface area contributed by atoms with Crippen molar-refractivity contribution in [3.63, 3.8) is 0 Å². The maximum atomic E-state index is 11.1. The molecule has 2 fully saturated rings. The number of hydrogen-bond donors (Lipinski definition) is 1. The number of likely N-dealkylation sites (tertiary alicyclic amines) is 1. The van der Waals surface area contributed by atoms with Gasteiger partial charge in [-0.3, -0.25) is 14.3 Å². The number of carbonyl (C=O) groups is 1. The Morgan fingerprint density at radius 3 is 2.39 bits per heavy atom. The molecule has 1 aromatic carbocycles. The molecule has 0 saturated carbocycles. The van der Waals surface area contributed by atoms with Crippen LogP contribution in [0.4, 0.5) is 0 Å². The summed E-state index contributed by atoms with van der Waals surface area (Å²) in [6, 6.07) is 9.82. The zero-order chi connectivity index (χ0) is 15.8. The van der Waals surface area contributed by atoms with Gasteiger partial charge in [-0.15, -0.1) is 0 Å². The van der Waals surface area contributed by atoms with Crippen molar-refractivity contribution >= 4 is 11.7 Å². The average molecular weight is 311 g/mol. The molecule has 1 aromatic heterocycles. The molecule has 2 aliphatic rings. The number of benzene rings is 1. The van der Waals surface area contributed by atoms with E-state index in [9.17, 15) is 4.79 Å². The molecule has 0 atom stereocenters. The fourth-order valence-electron chi connectivity index (χ4n) is 2.94. The van der Waals surface area contributed by atoms with Gasteiger partial charge in [-0.25, -0.2) is 0 Å². The summed E-state index contributed by atoms with van der Waals surface area (Å²) in [5.74, 6) is 0.816. The molecule has 0 bridgehead atoms. The molecule has 0 aliphatic carbocycles. The number of amidine groups is 1. The fourth-order valence-corrected chi connectivity index (χ4v) is 2.94. The molecule has 2 saturated heterocycles. The minimum atomic E-state index is -0.605. The molecule has 118 valence electrons. The van der Waals surface area contributed by atoms with Crippen LogP contribution in [0, 0.1) is 0 Å². The summed E-state index contributed by atoms with van der Waals surface area (Å²) in [5, 5.41) is 3.90. The first-order valence-electron chi connectivity index (χ1n) is 7.96. The Kier molecular flexibility index (Phi) is 3.37. The Morgan fingerprint density at radius 1 is 1.17 bits per heavy atom. The van der Waals surface area contributed by atoms with E-state index in [0.29, 0.717) is 5.69 Å². The molecule has 0 radical (unpaired) electrons. The third-order valence-corrected chi connectivity index (χ3v) is 4.50. The van der Waals surface area contributed by atoms with Crippen LogP contribution in [0.25, 0.3) is 11.3 Å². The summed E-state index contributed by atoms with van der Waals surface area (Å²) in [6.45, 7) is 4.55. The number of nitrogens with two attached hydrogens (primary N) is 1. The number of primary amides is 1. The molecular formula is C17H19N4O2+. The van der Waals surface area contributed by atoms with Gasteiger partial charge >= 0.3 is 0 Å². The molecule has 0 unspecified atom stereocenters. The quantitative estimate of drug-likeness (QED) is 0.685. The number of rotatable bonds is 3. The molecule has 2 aromatic rings. The second-order valence-electron chi connectivity index (χ2n) is 6.02. The highest BCUT2D eigenvalue weighted by atomic mass is 16.5. The monoisotopic (exact) mass is 311 g/mol. The van der Waals surface area contributed by atoms with Crippen LogP contribution < -0.4 is 5.73 Å². The van der Waals surface area contributed by atoms with Gasteiger partial charge in [0.25, 0.3) is 11.7 Å². The molecule has 3 heterocycles. The predicted octanol–water partition coefficient (Wildman–Crippen LogP) is 1.31. The number of carbonyl (C=O) groups excluding carboxylic acids is 1. The van der Waals surface area contributed by atoms with Crippen molar-refractivity contribution in [1.29, 1.82) is 0 Å². The number of aromatic nitrogens is 1. The van der Waals surface area contributed by atoms with Crippen LogP contribution in [0.5, 0.6) is 0 Å². The van der Waals surface area contributed by atoms with Gasteiger partial charge in [0.15, 0.2) is 0 Å². The van der Waals surface area contributed by atoms with Gasteiger partial charge < -0.3 is 10.3 Å². The molecule has 2 aliphatic heterocycles. The third-order valence-electron chi connectivity index (χ3n) is 4.50. The lowest BCUT2D eigenvalue weighted by Gasteiger charge is -2.31. The number of amides is 1. The van der Waals surface area contributed by atoms with E-state index in [4.69, 9.17) is 10.3 Å². The first-order chi connectivity index (χ1) is 11.2. The Hall–Kier alpha value is -2.63. The normalized spacial score (nSPS) is 16.7. The van der Waals surface area contributed by atoms with Gasteiger partial charge in [-0.05, 0) is 12.1 Å². The summed E-state index contributed by atoms with van der Waals surface area (Å²) in [7, 11) is 0. The van der Waals surface area contributed by atoms with Gasteiger partial charge in [0, 0.05) is 24.5 Å². The number of nitrogens with zero attached hydrogens (tertiary/aromatic N) is 3. The lowest BCUT2D eigenvalue weighted by atomic mass is 10.0. The highest BCUT2D eigenvalue weighted by Crippen LogP contribution is 2.22. The van der Waals surface area contributed by atoms with Crippen LogP contribution in [0.1, 0.15) is 29.0 Å². The molecule has 6 nitrogen and oxygen atoms in total. The first kappa shape index (κ1) is 14.0. The zero-order valence-electron chi connectivity index (χ0n) is 12.9. The Bertz CT molecular complexity index is 766. The lowest BCUT2D eigenvalue weighted by molar-refractivity contribution is -0.587. The second kappa shape index (κ2) is 5.53. The molecule has 1 amide bonds. The van der Waals surface area contributed by atoms with Crippen molar-refractivity contribution < 1.29 is 13.9 Å². The van der Waals surface area contributed by atoms with E-state index in [1.54, 1.807) is 6.07 Å². The van der Waals surface area contributed by atoms with E-state index in [0.717, 1.165) is 31.7 Å². The second-order valence-corrected chi connectivity index (χ2v) is 6.02. The van der Waals surface area contributed by atoms with Gasteiger partial charge in [0.2, 0.25) is 5.76 Å². The number of hydrogen-bond acceptors (Lipinski definition) is 3. The lowest BCUT2D eigenvalue weighted by Crippen LogP contribution is -2.49. The van der Waals surface area contributed by atoms with Crippen LogP contribution in [0.3, 0.4) is 0 Å². The summed E-state index contributed by atoms with van der Waals surface area (Å²) in [5.41, 5.74) is 7.96. The SMILES string of the molecule is NC(=O)c1cc(-c2ccc(C(N3CCC3)=[N+]3CCC3)cc2)no1. The van der Waals surface area contributed by atoms with Crippen molar-refractivity contribution in [2.45, 2.75) is 12.8 Å². The third kappa shape index (κ3) is 2.50. The van der Waals surface area contributed by atoms with Gasteiger partial charge in [0.1, 0.15) is 5.69 Å². The maximum Gasteiger partial charge on any atom is 0.287 e. The largest absolute Gasteiger partial charge is 0.363 e. The average Bonchev–Trinajstić information content (AvgIpc) is 2.93. The van der Waals surface area contributed by atoms with Crippen LogP contribution in [-0.4, -0.2) is 52.6 Å². The summed E-state index contributed by atoms with van der Waals surface area (Å²) < 4.78 is 7.38. The van der Waals surface area contributed by atoms with Gasteiger partial charge in [0.05, 0.1) is 31.7 Å². The summed E-state index contributed by atoms with van der Waals surface area (Å²) in [6.07, 6.45) is 2.54. The van der Waals surface area contributed by atoms with E-state index in [2.05, 4.69) is 26.8 Å². The molecule has 2 N–H and O–H groups in total. The molecule has 0 spiro atoms. The first-order valence-corrected chi connectivity index (χ1v) is 7.96. The van der Waals surface area contributed by atoms with Crippen molar-refractivity contribution in [2.75, 3.05) is 26.2 Å². The topological polar surface area (TPSA) is 75.4 Å². The van der Waals surface area contributed by atoms with Gasteiger partial charge in [-0.1, -0.05) is 17.3 Å². The summed E-state index contributed by atoms with van der Waals surface area (Å²) in [4.78, 5) is 13.5. The van der Waals surface area contributed by atoms with Crippen molar-refractivity contribution in [2.24, 2.45) is 5.73 Å². The Morgan fingerprint density at radius 2 is 1.91 bits per heavy atom. The maximum absolute atomic E-state index is 11.1. The molecule has 4 rings (SSSR count). The van der Waals surface area contributed by atoms with Gasteiger partial charge in [-0.2, -0.15) is 0 Å². The van der Waals surface area contributed by atoms with E-state index < -0.39 is 5.91 Å². The van der Waals surface area contributed by atoms with Crippen LogP contribution in [0.2, 0.25) is 0 Å². The minimum Gasteiger partial charge on any atom is -0.363 e. The van der Waals surface area contributed by atoms with Crippen molar-refractivity contribution in [3.05, 3.63) is 41.7 Å². The van der Waals surface area contributed by atoms with Crippen LogP contribution in [-0.2, 0) is 0 Å². The van der Waals surface area contributed by atoms with Crippen molar-refractivity contribution in [3.8, 4) is 11.3 Å². The van der Waals surface area contributed by atoms with E-state index >= 15 is 0 Å². The smallest absolute Gasteiger partial charge is 0.287 e. The highest BCUT2D eigenvalue weighted by Gasteiger charge is 2.32. The highest BCUT2D eigenvalue weighted by molar-refractivity contribution is 5.96. The zero-order valence-corrected chi connectivity index (χ0v) is 12.9. The Labute approximate surface area is 134 Å². The molecular weight excluding hydrogens is 292 g/mol. The minimum absolute atomic E-state index is 0.0810. The van der Waals surface area contributed by atoms with E-state index in [1.807, 2.05) is 12.1 Å². The summed E-state index contributed by atoms with van der Waals surface area (Å²) >= 11 is 0. The van der Waals surface area contributed by atoms with E-state index in [1.165, 1.54) is 24.2 Å². The Balaban J connectivity index is 1.63.